The third kappa shape index (κ3) is 4.61. The van der Waals surface area contributed by atoms with Gasteiger partial charge in [-0.05, 0) is 19.1 Å². The van der Waals surface area contributed by atoms with E-state index in [2.05, 4.69) is 0 Å². The van der Waals surface area contributed by atoms with E-state index in [0.717, 1.165) is 0 Å². The number of alkyl halides is 3. The van der Waals surface area contributed by atoms with Gasteiger partial charge in [-0.2, -0.15) is 13.2 Å². The van der Waals surface area contributed by atoms with E-state index in [0.29, 0.717) is 12.4 Å². The summed E-state index contributed by atoms with van der Waals surface area (Å²) in [4.78, 5) is 11.7. The first-order valence-corrected chi connectivity index (χ1v) is 5.80. The van der Waals surface area contributed by atoms with Crippen LogP contribution in [0.2, 0.25) is 0 Å². The first-order chi connectivity index (χ1) is 9.24. The molecule has 0 aliphatic carbocycles. The number of nitrogens with one attached hydrogen (secondary N) is 1. The molecule has 1 atom stereocenters. The Morgan fingerprint density at radius 3 is 2.65 bits per heavy atom. The molecule has 1 aromatic carbocycles. The zero-order valence-electron chi connectivity index (χ0n) is 10.7. The molecular formula is C12H15F3N2O3. The van der Waals surface area contributed by atoms with Gasteiger partial charge in [-0.25, -0.2) is 0 Å². The molecule has 112 valence electrons. The number of hydrogen-bond acceptors (Lipinski definition) is 4. The summed E-state index contributed by atoms with van der Waals surface area (Å²) in [5.74, 6) is -0.435. The predicted molar refractivity (Wildman–Crippen MR) is 66.4 cm³/mol. The molecule has 8 heteroatoms. The molecule has 0 saturated heterocycles. The molecule has 0 spiro atoms. The summed E-state index contributed by atoms with van der Waals surface area (Å²) in [7, 11) is 0. The minimum Gasteiger partial charge on any atom is -0.494 e. The molecule has 0 aliphatic rings. The van der Waals surface area contributed by atoms with Gasteiger partial charge in [0, 0.05) is 17.3 Å². The zero-order chi connectivity index (χ0) is 15.3. The minimum absolute atomic E-state index is 0.0582. The summed E-state index contributed by atoms with van der Waals surface area (Å²) in [5.41, 5.74) is 5.87. The molecule has 4 N–H and O–H groups in total. The average molecular weight is 292 g/mol. The van der Waals surface area contributed by atoms with Crippen molar-refractivity contribution in [1.82, 2.24) is 5.32 Å². The maximum absolute atomic E-state index is 12.1. The molecule has 0 bridgehead atoms. The molecule has 0 fully saturated rings. The first kappa shape index (κ1) is 16.1. The number of anilines is 1. The SMILES string of the molecule is CCOc1cc(N)cc(C(=O)NCC(O)C(F)(F)F)c1. The molecule has 0 saturated carbocycles. The molecule has 20 heavy (non-hydrogen) atoms. The van der Waals surface area contributed by atoms with Gasteiger partial charge in [0.2, 0.25) is 0 Å². The van der Waals surface area contributed by atoms with E-state index in [1.165, 1.54) is 18.2 Å². The number of aliphatic hydroxyl groups is 1. The van der Waals surface area contributed by atoms with Crippen molar-refractivity contribution >= 4 is 11.6 Å². The van der Waals surface area contributed by atoms with Gasteiger partial charge in [0.05, 0.1) is 13.2 Å². The first-order valence-electron chi connectivity index (χ1n) is 5.80. The Kier molecular flexibility index (Phi) is 5.20. The Labute approximate surface area is 113 Å². The Bertz CT molecular complexity index is 478. The van der Waals surface area contributed by atoms with Crippen molar-refractivity contribution in [3.05, 3.63) is 23.8 Å². The molecule has 0 radical (unpaired) electrons. The van der Waals surface area contributed by atoms with E-state index in [4.69, 9.17) is 15.6 Å². The quantitative estimate of drug-likeness (QED) is 0.715. The van der Waals surface area contributed by atoms with Crippen LogP contribution in [0.5, 0.6) is 5.75 Å². The number of benzene rings is 1. The van der Waals surface area contributed by atoms with Crippen LogP contribution >= 0.6 is 0 Å². The van der Waals surface area contributed by atoms with Crippen LogP contribution < -0.4 is 15.8 Å². The van der Waals surface area contributed by atoms with Gasteiger partial charge in [-0.3, -0.25) is 4.79 Å². The van der Waals surface area contributed by atoms with Crippen LogP contribution in [-0.4, -0.2) is 36.4 Å². The number of rotatable bonds is 5. The molecule has 1 rings (SSSR count). The summed E-state index contributed by atoms with van der Waals surface area (Å²) < 4.78 is 41.4. The Morgan fingerprint density at radius 1 is 1.45 bits per heavy atom. The highest BCUT2D eigenvalue weighted by Gasteiger charge is 2.38. The predicted octanol–water partition coefficient (Wildman–Crippen LogP) is 1.32. The smallest absolute Gasteiger partial charge is 0.416 e. The lowest BCUT2D eigenvalue weighted by Gasteiger charge is -2.15. The Balaban J connectivity index is 2.72. The van der Waals surface area contributed by atoms with Crippen LogP contribution in [0.1, 0.15) is 17.3 Å². The normalized spacial score (nSPS) is 12.8. The highest BCUT2D eigenvalue weighted by atomic mass is 19.4. The third-order valence-electron chi connectivity index (χ3n) is 2.34. The van der Waals surface area contributed by atoms with Gasteiger partial charge in [0.1, 0.15) is 5.75 Å². The fourth-order valence-electron chi connectivity index (χ4n) is 1.41. The Morgan fingerprint density at radius 2 is 2.10 bits per heavy atom. The van der Waals surface area contributed by atoms with Gasteiger partial charge in [0.15, 0.2) is 6.10 Å². The summed E-state index contributed by atoms with van der Waals surface area (Å²) >= 11 is 0. The van der Waals surface area contributed by atoms with Crippen molar-refractivity contribution in [2.24, 2.45) is 0 Å². The topological polar surface area (TPSA) is 84.6 Å². The number of amides is 1. The largest absolute Gasteiger partial charge is 0.494 e. The van der Waals surface area contributed by atoms with E-state index in [-0.39, 0.29) is 11.3 Å². The van der Waals surface area contributed by atoms with Crippen LogP contribution in [0.25, 0.3) is 0 Å². The van der Waals surface area contributed by atoms with Crippen LogP contribution in [0.4, 0.5) is 18.9 Å². The third-order valence-corrected chi connectivity index (χ3v) is 2.34. The number of nitrogen functional groups attached to an aromatic ring is 1. The lowest BCUT2D eigenvalue weighted by atomic mass is 10.1. The monoisotopic (exact) mass is 292 g/mol. The van der Waals surface area contributed by atoms with E-state index >= 15 is 0 Å². The summed E-state index contributed by atoms with van der Waals surface area (Å²) in [6.45, 7) is 1.17. The fraction of sp³-hybridized carbons (Fsp3) is 0.417. The van der Waals surface area contributed by atoms with E-state index < -0.39 is 24.7 Å². The maximum Gasteiger partial charge on any atom is 0.416 e. The molecule has 0 aromatic heterocycles. The van der Waals surface area contributed by atoms with Crippen molar-refractivity contribution in [2.45, 2.75) is 19.2 Å². The summed E-state index contributed by atoms with van der Waals surface area (Å²) in [6, 6.07) is 4.15. The second-order valence-corrected chi connectivity index (χ2v) is 3.99. The van der Waals surface area contributed by atoms with Gasteiger partial charge in [0.25, 0.3) is 5.91 Å². The number of hydrogen-bond donors (Lipinski definition) is 3. The summed E-state index contributed by atoms with van der Waals surface area (Å²) in [5, 5.41) is 10.8. The number of nitrogens with two attached hydrogens (primary N) is 1. The molecule has 1 unspecified atom stereocenters. The van der Waals surface area contributed by atoms with Crippen molar-refractivity contribution < 1.29 is 27.8 Å². The van der Waals surface area contributed by atoms with E-state index in [1.807, 2.05) is 5.32 Å². The van der Waals surface area contributed by atoms with Gasteiger partial charge >= 0.3 is 6.18 Å². The second kappa shape index (κ2) is 6.47. The lowest BCUT2D eigenvalue weighted by molar-refractivity contribution is -0.201. The van der Waals surface area contributed by atoms with E-state index in [1.54, 1.807) is 6.92 Å². The minimum atomic E-state index is -4.78. The number of ether oxygens (including phenoxy) is 1. The van der Waals surface area contributed by atoms with Crippen LogP contribution in [0.3, 0.4) is 0 Å². The van der Waals surface area contributed by atoms with Crippen molar-refractivity contribution in [3.63, 3.8) is 0 Å². The number of halogens is 3. The molecule has 1 amide bonds. The number of carbonyl (C=O) groups excluding carboxylic acids is 1. The van der Waals surface area contributed by atoms with Crippen LogP contribution in [0, 0.1) is 0 Å². The van der Waals surface area contributed by atoms with Crippen molar-refractivity contribution in [2.75, 3.05) is 18.9 Å². The van der Waals surface area contributed by atoms with E-state index in [9.17, 15) is 18.0 Å². The van der Waals surface area contributed by atoms with Crippen molar-refractivity contribution in [1.29, 1.82) is 0 Å². The number of aliphatic hydroxyl groups excluding tert-OH is 1. The molecule has 1 aromatic rings. The molecule has 5 nitrogen and oxygen atoms in total. The number of carbonyl (C=O) groups is 1. The van der Waals surface area contributed by atoms with Crippen LogP contribution in [0.15, 0.2) is 18.2 Å². The maximum atomic E-state index is 12.1. The molecular weight excluding hydrogens is 277 g/mol. The van der Waals surface area contributed by atoms with Gasteiger partial charge in [-0.15, -0.1) is 0 Å². The standard InChI is InChI=1S/C12H15F3N2O3/c1-2-20-9-4-7(3-8(16)5-9)11(19)17-6-10(18)12(13,14)15/h3-5,10,18H,2,6,16H2,1H3,(H,17,19). The average Bonchev–Trinajstić information content (AvgIpc) is 2.34. The second-order valence-electron chi connectivity index (χ2n) is 3.99. The van der Waals surface area contributed by atoms with Crippen molar-refractivity contribution in [3.8, 4) is 5.75 Å². The van der Waals surface area contributed by atoms with Gasteiger partial charge in [-0.1, -0.05) is 0 Å². The Hall–Kier alpha value is -1.96. The fourth-order valence-corrected chi connectivity index (χ4v) is 1.41. The lowest BCUT2D eigenvalue weighted by Crippen LogP contribution is -2.40. The molecule has 0 aliphatic heterocycles. The highest BCUT2D eigenvalue weighted by Crippen LogP contribution is 2.20. The molecule has 0 heterocycles. The zero-order valence-corrected chi connectivity index (χ0v) is 10.7. The van der Waals surface area contributed by atoms with Crippen LogP contribution in [-0.2, 0) is 0 Å². The summed E-state index contributed by atoms with van der Waals surface area (Å²) in [6.07, 6.45) is -7.39. The highest BCUT2D eigenvalue weighted by molar-refractivity contribution is 5.95. The van der Waals surface area contributed by atoms with Gasteiger partial charge < -0.3 is 20.9 Å².